The highest BCUT2D eigenvalue weighted by Crippen LogP contribution is 2.26. The molecule has 1 N–H and O–H groups in total. The van der Waals surface area contributed by atoms with Gasteiger partial charge in [0.15, 0.2) is 0 Å². The summed E-state index contributed by atoms with van der Waals surface area (Å²) in [6, 6.07) is 10.0. The molecule has 0 aliphatic rings. The second kappa shape index (κ2) is 9.01. The number of nitrogens with one attached hydrogen (secondary N) is 1. The van der Waals surface area contributed by atoms with Crippen LogP contribution in [0.5, 0.6) is 0 Å². The molecule has 0 saturated carbocycles. The molecule has 0 unspecified atom stereocenters. The van der Waals surface area contributed by atoms with Crippen LogP contribution in [-0.4, -0.2) is 29.8 Å². The quantitative estimate of drug-likeness (QED) is 0.806. The molecule has 0 spiro atoms. The summed E-state index contributed by atoms with van der Waals surface area (Å²) in [5.41, 5.74) is 1.22. The number of halogens is 3. The second-order valence-corrected chi connectivity index (χ2v) is 6.63. The number of benzene rings is 2. The fourth-order valence-electron chi connectivity index (χ4n) is 2.52. The standard InChI is InChI=1S/C19H19Cl2FN2O2/c1-12(19(26)23-2)24(11-15-16(20)4-3-5-17(15)21)18(25)10-13-6-8-14(22)9-7-13/h3-9,12H,10-11H2,1-2H3,(H,23,26)/t12-/m1/s1. The molecular formula is C19H19Cl2FN2O2. The average molecular weight is 397 g/mol. The van der Waals surface area contributed by atoms with E-state index < -0.39 is 6.04 Å². The molecule has 0 fully saturated rings. The summed E-state index contributed by atoms with van der Waals surface area (Å²) >= 11 is 12.4. The molecule has 0 bridgehead atoms. The Morgan fingerprint density at radius 2 is 1.69 bits per heavy atom. The van der Waals surface area contributed by atoms with Crippen molar-refractivity contribution >= 4 is 35.0 Å². The number of likely N-dealkylation sites (N-methyl/N-ethyl adjacent to an activating group) is 1. The topological polar surface area (TPSA) is 49.4 Å². The van der Waals surface area contributed by atoms with Gasteiger partial charge in [-0.1, -0.05) is 41.4 Å². The van der Waals surface area contributed by atoms with E-state index in [-0.39, 0.29) is 30.6 Å². The van der Waals surface area contributed by atoms with Crippen LogP contribution in [0.25, 0.3) is 0 Å². The van der Waals surface area contributed by atoms with Gasteiger partial charge in [-0.25, -0.2) is 4.39 Å². The molecule has 26 heavy (non-hydrogen) atoms. The van der Waals surface area contributed by atoms with Crippen molar-refractivity contribution in [1.82, 2.24) is 10.2 Å². The van der Waals surface area contributed by atoms with Gasteiger partial charge in [-0.3, -0.25) is 9.59 Å². The van der Waals surface area contributed by atoms with Crippen molar-refractivity contribution in [2.45, 2.75) is 25.9 Å². The molecule has 7 heteroatoms. The summed E-state index contributed by atoms with van der Waals surface area (Å²) in [5.74, 6) is -0.969. The number of hydrogen-bond acceptors (Lipinski definition) is 2. The van der Waals surface area contributed by atoms with Gasteiger partial charge in [-0.2, -0.15) is 0 Å². The van der Waals surface area contributed by atoms with E-state index in [1.54, 1.807) is 37.3 Å². The Morgan fingerprint density at radius 1 is 1.12 bits per heavy atom. The van der Waals surface area contributed by atoms with Crippen molar-refractivity contribution in [1.29, 1.82) is 0 Å². The number of amides is 2. The lowest BCUT2D eigenvalue weighted by Crippen LogP contribution is -2.47. The first-order valence-electron chi connectivity index (χ1n) is 8.02. The third kappa shape index (κ3) is 4.96. The largest absolute Gasteiger partial charge is 0.357 e. The molecule has 2 aromatic rings. The Kier molecular flexibility index (Phi) is 7.00. The lowest BCUT2D eigenvalue weighted by Gasteiger charge is -2.29. The van der Waals surface area contributed by atoms with Crippen molar-refractivity contribution in [3.05, 3.63) is 69.5 Å². The fourth-order valence-corrected chi connectivity index (χ4v) is 3.04. The minimum absolute atomic E-state index is 0.0314. The van der Waals surface area contributed by atoms with Crippen LogP contribution in [-0.2, 0) is 22.6 Å². The van der Waals surface area contributed by atoms with Crippen LogP contribution < -0.4 is 5.32 Å². The van der Waals surface area contributed by atoms with Gasteiger partial charge in [0.1, 0.15) is 11.9 Å². The van der Waals surface area contributed by atoms with Crippen LogP contribution in [0.4, 0.5) is 4.39 Å². The summed E-state index contributed by atoms with van der Waals surface area (Å²) in [6.45, 7) is 1.72. The van der Waals surface area contributed by atoms with Crippen LogP contribution in [0.1, 0.15) is 18.1 Å². The molecule has 0 heterocycles. The average Bonchev–Trinajstić information content (AvgIpc) is 2.62. The van der Waals surface area contributed by atoms with Gasteiger partial charge in [0.2, 0.25) is 11.8 Å². The maximum atomic E-state index is 13.1. The highest BCUT2D eigenvalue weighted by molar-refractivity contribution is 6.36. The van der Waals surface area contributed by atoms with Crippen LogP contribution in [0, 0.1) is 5.82 Å². The third-order valence-corrected chi connectivity index (χ3v) is 4.78. The smallest absolute Gasteiger partial charge is 0.242 e. The maximum Gasteiger partial charge on any atom is 0.242 e. The van der Waals surface area contributed by atoms with E-state index in [2.05, 4.69) is 5.32 Å². The molecule has 4 nitrogen and oxygen atoms in total. The normalized spacial score (nSPS) is 11.7. The highest BCUT2D eigenvalue weighted by Gasteiger charge is 2.26. The van der Waals surface area contributed by atoms with Gasteiger partial charge in [-0.15, -0.1) is 0 Å². The first-order chi connectivity index (χ1) is 12.3. The molecule has 0 aliphatic heterocycles. The van der Waals surface area contributed by atoms with Gasteiger partial charge in [0, 0.05) is 29.2 Å². The number of rotatable bonds is 6. The van der Waals surface area contributed by atoms with Crippen molar-refractivity contribution in [3.63, 3.8) is 0 Å². The molecule has 0 saturated heterocycles. The van der Waals surface area contributed by atoms with E-state index in [9.17, 15) is 14.0 Å². The third-order valence-electron chi connectivity index (χ3n) is 4.07. The zero-order chi connectivity index (χ0) is 19.3. The number of carbonyl (C=O) groups excluding carboxylic acids is 2. The predicted molar refractivity (Wildman–Crippen MR) is 101 cm³/mol. The Hall–Kier alpha value is -2.11. The summed E-state index contributed by atoms with van der Waals surface area (Å²) in [4.78, 5) is 26.4. The monoisotopic (exact) mass is 396 g/mol. The van der Waals surface area contributed by atoms with Crippen molar-refractivity contribution < 1.29 is 14.0 Å². The minimum atomic E-state index is -0.722. The first kappa shape index (κ1) is 20.2. The molecule has 2 amide bonds. The lowest BCUT2D eigenvalue weighted by molar-refractivity contribution is -0.139. The van der Waals surface area contributed by atoms with Crippen LogP contribution in [0.3, 0.4) is 0 Å². The maximum absolute atomic E-state index is 13.1. The van der Waals surface area contributed by atoms with E-state index in [1.807, 2.05) is 0 Å². The molecular weight excluding hydrogens is 378 g/mol. The fraction of sp³-hybridized carbons (Fsp3) is 0.263. The molecule has 0 aromatic heterocycles. The van der Waals surface area contributed by atoms with Gasteiger partial charge in [-0.05, 0) is 36.8 Å². The number of carbonyl (C=O) groups is 2. The first-order valence-corrected chi connectivity index (χ1v) is 8.77. The second-order valence-electron chi connectivity index (χ2n) is 5.82. The van der Waals surface area contributed by atoms with E-state index in [0.717, 1.165) is 0 Å². The van der Waals surface area contributed by atoms with Crippen LogP contribution >= 0.6 is 23.2 Å². The SMILES string of the molecule is CNC(=O)[C@@H](C)N(Cc1c(Cl)cccc1Cl)C(=O)Cc1ccc(F)cc1. The van der Waals surface area contributed by atoms with Gasteiger partial charge >= 0.3 is 0 Å². The molecule has 2 aromatic carbocycles. The van der Waals surface area contributed by atoms with Crippen molar-refractivity contribution in [2.24, 2.45) is 0 Å². The highest BCUT2D eigenvalue weighted by atomic mass is 35.5. The van der Waals surface area contributed by atoms with Crippen LogP contribution in [0.15, 0.2) is 42.5 Å². The molecule has 138 valence electrons. The summed E-state index contributed by atoms with van der Waals surface area (Å²) < 4.78 is 13.1. The predicted octanol–water partition coefficient (Wildman–Crippen LogP) is 3.84. The van der Waals surface area contributed by atoms with E-state index in [0.29, 0.717) is 21.2 Å². The number of nitrogens with zero attached hydrogens (tertiary/aromatic N) is 1. The van der Waals surface area contributed by atoms with E-state index in [4.69, 9.17) is 23.2 Å². The zero-order valence-corrected chi connectivity index (χ0v) is 15.9. The lowest BCUT2D eigenvalue weighted by atomic mass is 10.1. The Balaban J connectivity index is 2.29. The van der Waals surface area contributed by atoms with Gasteiger partial charge in [0.25, 0.3) is 0 Å². The Labute approximate surface area is 161 Å². The van der Waals surface area contributed by atoms with E-state index in [1.165, 1.54) is 24.1 Å². The van der Waals surface area contributed by atoms with Crippen LogP contribution in [0.2, 0.25) is 10.0 Å². The minimum Gasteiger partial charge on any atom is -0.357 e. The Morgan fingerprint density at radius 3 is 2.23 bits per heavy atom. The molecule has 0 radical (unpaired) electrons. The van der Waals surface area contributed by atoms with Crippen molar-refractivity contribution in [3.8, 4) is 0 Å². The molecule has 1 atom stereocenters. The van der Waals surface area contributed by atoms with Gasteiger partial charge in [0.05, 0.1) is 6.42 Å². The van der Waals surface area contributed by atoms with E-state index >= 15 is 0 Å². The van der Waals surface area contributed by atoms with Gasteiger partial charge < -0.3 is 10.2 Å². The molecule has 0 aliphatic carbocycles. The zero-order valence-electron chi connectivity index (χ0n) is 14.4. The van der Waals surface area contributed by atoms with Crippen molar-refractivity contribution in [2.75, 3.05) is 7.05 Å². The molecule has 2 rings (SSSR count). The number of hydrogen-bond donors (Lipinski definition) is 1. The summed E-state index contributed by atoms with van der Waals surface area (Å²) in [6.07, 6.45) is 0.0314. The summed E-state index contributed by atoms with van der Waals surface area (Å²) in [7, 11) is 1.50. The Bertz CT molecular complexity index is 776. The summed E-state index contributed by atoms with van der Waals surface area (Å²) in [5, 5.41) is 3.37.